The number of hydrogen-bond acceptors (Lipinski definition) is 6. The number of benzene rings is 3. The van der Waals surface area contributed by atoms with E-state index in [1.807, 2.05) is 78.9 Å². The molecule has 214 valence electrons. The molecule has 42 heavy (non-hydrogen) atoms. The zero-order chi connectivity index (χ0) is 29.7. The average Bonchev–Trinajstić information content (AvgIpc) is 3.00. The molecule has 0 aliphatic heterocycles. The van der Waals surface area contributed by atoms with E-state index < -0.39 is 28.1 Å². The summed E-state index contributed by atoms with van der Waals surface area (Å²) in [5.74, 6) is -0.0775. The largest absolute Gasteiger partial charge is 0.388 e. The van der Waals surface area contributed by atoms with Crippen LogP contribution in [0, 0.1) is 13.8 Å². The molecule has 0 radical (unpaired) electrons. The van der Waals surface area contributed by atoms with Crippen molar-refractivity contribution in [1.82, 2.24) is 9.97 Å². The zero-order valence-corrected chi connectivity index (χ0v) is 24.7. The van der Waals surface area contributed by atoms with Crippen LogP contribution >= 0.6 is 11.6 Å². The summed E-state index contributed by atoms with van der Waals surface area (Å²) in [5.41, 5.74) is 3.49. The summed E-state index contributed by atoms with van der Waals surface area (Å²) in [4.78, 5) is 9.23. The minimum absolute atomic E-state index is 0.138. The van der Waals surface area contributed by atoms with Crippen LogP contribution in [0.25, 0.3) is 0 Å². The quantitative estimate of drug-likeness (QED) is 0.157. The highest BCUT2D eigenvalue weighted by molar-refractivity contribution is 7.92. The SMILES string of the molecule is Cc1cc(S(=O)(=O)Nc2ccccc2C(Nc2ccccn2)C(c2ccccn2)C(O)c2ccccc2)c(C)cc1Cl. The lowest BCUT2D eigenvalue weighted by atomic mass is 9.82. The lowest BCUT2D eigenvalue weighted by molar-refractivity contribution is 0.133. The third kappa shape index (κ3) is 6.46. The molecule has 9 heteroatoms. The van der Waals surface area contributed by atoms with E-state index in [-0.39, 0.29) is 4.90 Å². The number of hydrogen-bond donors (Lipinski definition) is 3. The molecule has 2 aromatic heterocycles. The van der Waals surface area contributed by atoms with Gasteiger partial charge in [0, 0.05) is 23.1 Å². The average molecular weight is 599 g/mol. The number of anilines is 2. The van der Waals surface area contributed by atoms with Crippen LogP contribution < -0.4 is 10.0 Å². The van der Waals surface area contributed by atoms with Gasteiger partial charge in [-0.1, -0.05) is 72.3 Å². The second kappa shape index (κ2) is 12.7. The predicted octanol–water partition coefficient (Wildman–Crippen LogP) is 7.22. The third-order valence-corrected chi connectivity index (χ3v) is 9.04. The summed E-state index contributed by atoms with van der Waals surface area (Å²) < 4.78 is 30.3. The van der Waals surface area contributed by atoms with Gasteiger partial charge < -0.3 is 10.4 Å². The minimum atomic E-state index is -4.01. The second-order valence-electron chi connectivity index (χ2n) is 10.0. The van der Waals surface area contributed by atoms with Gasteiger partial charge >= 0.3 is 0 Å². The van der Waals surface area contributed by atoms with Crippen LogP contribution in [-0.4, -0.2) is 23.5 Å². The Kier molecular flexibility index (Phi) is 8.87. The molecule has 7 nitrogen and oxygen atoms in total. The smallest absolute Gasteiger partial charge is 0.262 e. The normalized spacial score (nSPS) is 13.6. The Labute approximate surface area is 251 Å². The zero-order valence-electron chi connectivity index (χ0n) is 23.1. The summed E-state index contributed by atoms with van der Waals surface area (Å²) in [7, 11) is -4.01. The van der Waals surface area contributed by atoms with Crippen molar-refractivity contribution in [1.29, 1.82) is 0 Å². The Hall–Kier alpha value is -4.24. The van der Waals surface area contributed by atoms with Crippen molar-refractivity contribution in [2.45, 2.75) is 36.8 Å². The Bertz CT molecular complexity index is 1760. The molecule has 0 amide bonds. The molecule has 0 bridgehead atoms. The number of nitrogens with zero attached hydrogens (tertiary/aromatic N) is 2. The van der Waals surface area contributed by atoms with Gasteiger partial charge in [0.1, 0.15) is 5.82 Å². The maximum atomic E-state index is 13.8. The van der Waals surface area contributed by atoms with Crippen molar-refractivity contribution in [3.05, 3.63) is 148 Å². The highest BCUT2D eigenvalue weighted by Gasteiger charge is 2.35. The third-order valence-electron chi connectivity index (χ3n) is 7.12. The van der Waals surface area contributed by atoms with E-state index in [0.29, 0.717) is 44.5 Å². The first-order valence-electron chi connectivity index (χ1n) is 13.4. The molecule has 0 aliphatic rings. The Balaban J connectivity index is 1.66. The highest BCUT2D eigenvalue weighted by atomic mass is 35.5. The fraction of sp³-hybridized carbons (Fsp3) is 0.152. The highest BCUT2D eigenvalue weighted by Crippen LogP contribution is 2.44. The van der Waals surface area contributed by atoms with E-state index in [1.165, 1.54) is 0 Å². The fourth-order valence-corrected chi connectivity index (χ4v) is 6.64. The number of aryl methyl sites for hydroxylation is 2. The van der Waals surface area contributed by atoms with Crippen molar-refractivity contribution < 1.29 is 13.5 Å². The van der Waals surface area contributed by atoms with Crippen molar-refractivity contribution in [3.63, 3.8) is 0 Å². The summed E-state index contributed by atoms with van der Waals surface area (Å²) in [6.45, 7) is 3.48. The predicted molar refractivity (Wildman–Crippen MR) is 167 cm³/mol. The van der Waals surface area contributed by atoms with E-state index in [1.54, 1.807) is 50.5 Å². The fourth-order valence-electron chi connectivity index (χ4n) is 5.02. The van der Waals surface area contributed by atoms with Gasteiger partial charge in [0.15, 0.2) is 0 Å². The summed E-state index contributed by atoms with van der Waals surface area (Å²) in [6.07, 6.45) is 2.36. The number of para-hydroxylation sites is 1. The molecular formula is C33H31ClN4O3S. The van der Waals surface area contributed by atoms with Gasteiger partial charge in [0.05, 0.1) is 28.6 Å². The van der Waals surface area contributed by atoms with E-state index in [4.69, 9.17) is 11.6 Å². The van der Waals surface area contributed by atoms with Gasteiger partial charge in [-0.15, -0.1) is 0 Å². The van der Waals surface area contributed by atoms with Crippen molar-refractivity contribution in [2.75, 3.05) is 10.0 Å². The van der Waals surface area contributed by atoms with Crippen LogP contribution in [0.3, 0.4) is 0 Å². The summed E-state index contributed by atoms with van der Waals surface area (Å²) in [6, 6.07) is 30.1. The number of halogens is 1. The van der Waals surface area contributed by atoms with E-state index in [2.05, 4.69) is 20.0 Å². The molecule has 0 fully saturated rings. The van der Waals surface area contributed by atoms with Gasteiger partial charge in [0.25, 0.3) is 10.0 Å². The molecule has 0 saturated heterocycles. The lowest BCUT2D eigenvalue weighted by Crippen LogP contribution is -2.27. The van der Waals surface area contributed by atoms with Gasteiger partial charge in [-0.3, -0.25) is 9.71 Å². The topological polar surface area (TPSA) is 104 Å². The van der Waals surface area contributed by atoms with E-state index >= 15 is 0 Å². The van der Waals surface area contributed by atoms with Crippen LogP contribution in [0.2, 0.25) is 5.02 Å². The van der Waals surface area contributed by atoms with Crippen molar-refractivity contribution >= 4 is 33.1 Å². The Morgan fingerprint density at radius 1 is 0.786 bits per heavy atom. The van der Waals surface area contributed by atoms with Gasteiger partial charge in [-0.2, -0.15) is 0 Å². The maximum absolute atomic E-state index is 13.8. The van der Waals surface area contributed by atoms with Crippen molar-refractivity contribution in [3.8, 4) is 0 Å². The number of pyridine rings is 2. The number of aliphatic hydroxyl groups is 1. The van der Waals surface area contributed by atoms with Crippen molar-refractivity contribution in [2.24, 2.45) is 0 Å². The number of rotatable bonds is 10. The molecule has 0 aliphatic carbocycles. The minimum Gasteiger partial charge on any atom is -0.388 e. The molecule has 3 N–H and O–H groups in total. The maximum Gasteiger partial charge on any atom is 0.262 e. The summed E-state index contributed by atoms with van der Waals surface area (Å²) >= 11 is 6.25. The molecule has 3 unspecified atom stereocenters. The summed E-state index contributed by atoms with van der Waals surface area (Å²) in [5, 5.41) is 15.9. The van der Waals surface area contributed by atoms with Gasteiger partial charge in [0.2, 0.25) is 0 Å². The molecule has 0 saturated carbocycles. The molecule has 3 atom stereocenters. The Morgan fingerprint density at radius 2 is 1.45 bits per heavy atom. The number of nitrogens with one attached hydrogen (secondary N) is 2. The number of sulfonamides is 1. The van der Waals surface area contributed by atoms with E-state index in [0.717, 1.165) is 0 Å². The molecule has 0 spiro atoms. The number of aliphatic hydroxyl groups excluding tert-OH is 1. The van der Waals surface area contributed by atoms with Crippen LogP contribution in [0.4, 0.5) is 11.5 Å². The van der Waals surface area contributed by atoms with Crippen LogP contribution in [0.1, 0.15) is 46.0 Å². The monoisotopic (exact) mass is 598 g/mol. The lowest BCUT2D eigenvalue weighted by Gasteiger charge is -2.33. The first kappa shape index (κ1) is 29.3. The van der Waals surface area contributed by atoms with Crippen LogP contribution in [-0.2, 0) is 10.0 Å². The standard InChI is InChI=1S/C33H31ClN4O3S/c1-22-21-29(23(2)20-26(22)34)42(40,41)38-27-15-7-6-14-25(27)32(37-30-17-9-11-19-36-30)31(28-16-8-10-18-35-28)33(39)24-12-4-3-5-13-24/h3-21,31-33,38-39H,1-2H3,(H,36,37). The van der Waals surface area contributed by atoms with Gasteiger partial charge in [-0.25, -0.2) is 13.4 Å². The second-order valence-corrected chi connectivity index (χ2v) is 12.1. The van der Waals surface area contributed by atoms with E-state index in [9.17, 15) is 13.5 Å². The molecule has 2 heterocycles. The van der Waals surface area contributed by atoms with Gasteiger partial charge in [-0.05, 0) is 78.6 Å². The first-order chi connectivity index (χ1) is 20.2. The molecular weight excluding hydrogens is 568 g/mol. The van der Waals surface area contributed by atoms with Crippen LogP contribution in [0.5, 0.6) is 0 Å². The van der Waals surface area contributed by atoms with Crippen LogP contribution in [0.15, 0.2) is 120 Å². The first-order valence-corrected chi connectivity index (χ1v) is 15.3. The molecule has 5 rings (SSSR count). The molecule has 5 aromatic rings. The molecule has 3 aromatic carbocycles. The number of aromatic nitrogens is 2. The Morgan fingerprint density at radius 3 is 2.14 bits per heavy atom.